The minimum absolute atomic E-state index is 0.176. The number of halogens is 1. The van der Waals surface area contributed by atoms with E-state index < -0.39 is 5.97 Å². The van der Waals surface area contributed by atoms with Gasteiger partial charge in [-0.25, -0.2) is 4.79 Å². The van der Waals surface area contributed by atoms with Gasteiger partial charge in [0.2, 0.25) is 0 Å². The molecule has 0 aliphatic rings. The topological polar surface area (TPSA) is 46.5 Å². The molecule has 1 rings (SSSR count). The van der Waals surface area contributed by atoms with Crippen LogP contribution < -0.4 is 4.74 Å². The van der Waals surface area contributed by atoms with Crippen molar-refractivity contribution in [3.63, 3.8) is 0 Å². The third-order valence-electron chi connectivity index (χ3n) is 3.20. The van der Waals surface area contributed by atoms with E-state index in [1.807, 2.05) is 0 Å². The summed E-state index contributed by atoms with van der Waals surface area (Å²) in [5, 5.41) is 9.21. The zero-order valence-corrected chi connectivity index (χ0v) is 12.2. The van der Waals surface area contributed by atoms with Crippen molar-refractivity contribution in [1.82, 2.24) is 0 Å². The van der Waals surface area contributed by atoms with E-state index in [1.54, 1.807) is 6.07 Å². The summed E-state index contributed by atoms with van der Waals surface area (Å²) in [5.74, 6) is 0.0969. The number of carboxylic acid groups (broad SMARTS) is 1. The highest BCUT2D eigenvalue weighted by Gasteiger charge is 2.11. The molecule has 0 amide bonds. The number of unbranched alkanes of at least 4 members (excludes halogenated alkanes) is 1. The molecule has 0 saturated heterocycles. The van der Waals surface area contributed by atoms with Crippen molar-refractivity contribution >= 4 is 17.6 Å². The van der Waals surface area contributed by atoms with Crippen LogP contribution in [0.3, 0.4) is 0 Å². The molecule has 0 bridgehead atoms. The maximum atomic E-state index is 10.8. The summed E-state index contributed by atoms with van der Waals surface area (Å²) in [5.41, 5.74) is 0.176. The molecule has 1 aromatic rings. The first-order chi connectivity index (χ1) is 9.08. The Bertz CT molecular complexity index is 418. The maximum Gasteiger partial charge on any atom is 0.335 e. The molecular formula is C15H21ClO3. The third-order valence-corrected chi connectivity index (χ3v) is 3.49. The van der Waals surface area contributed by atoms with Crippen LogP contribution in [0.25, 0.3) is 0 Å². The summed E-state index contributed by atoms with van der Waals surface area (Å²) in [6.45, 7) is 4.95. The standard InChI is InChI=1S/C15H21ClO3/c1-3-5-6-11(4-2)10-19-14-8-7-12(15(17)18)9-13(14)16/h7-9,11H,3-6,10H2,1-2H3,(H,17,18). The number of hydrogen-bond donors (Lipinski definition) is 1. The molecule has 0 aliphatic carbocycles. The normalized spacial score (nSPS) is 12.2. The van der Waals surface area contributed by atoms with Crippen LogP contribution in [0.15, 0.2) is 18.2 Å². The van der Waals surface area contributed by atoms with Crippen molar-refractivity contribution in [2.75, 3.05) is 6.61 Å². The van der Waals surface area contributed by atoms with Crippen LogP contribution in [0, 0.1) is 5.92 Å². The number of hydrogen-bond acceptors (Lipinski definition) is 2. The molecular weight excluding hydrogens is 264 g/mol. The predicted molar refractivity (Wildman–Crippen MR) is 77.2 cm³/mol. The van der Waals surface area contributed by atoms with E-state index in [-0.39, 0.29) is 5.56 Å². The zero-order valence-electron chi connectivity index (χ0n) is 11.5. The van der Waals surface area contributed by atoms with E-state index in [0.717, 1.165) is 12.8 Å². The quantitative estimate of drug-likeness (QED) is 0.757. The fourth-order valence-corrected chi connectivity index (χ4v) is 2.09. The lowest BCUT2D eigenvalue weighted by atomic mass is 10.0. The fraction of sp³-hybridized carbons (Fsp3) is 0.533. The number of benzene rings is 1. The molecule has 0 radical (unpaired) electrons. The molecule has 1 atom stereocenters. The molecule has 0 fully saturated rings. The highest BCUT2D eigenvalue weighted by atomic mass is 35.5. The summed E-state index contributed by atoms with van der Waals surface area (Å²) >= 11 is 6.02. The summed E-state index contributed by atoms with van der Waals surface area (Å²) in [4.78, 5) is 10.8. The van der Waals surface area contributed by atoms with Crippen LogP contribution in [0.1, 0.15) is 49.9 Å². The van der Waals surface area contributed by atoms with Crippen LogP contribution in [0.2, 0.25) is 5.02 Å². The van der Waals surface area contributed by atoms with Crippen molar-refractivity contribution in [2.45, 2.75) is 39.5 Å². The molecule has 4 heteroatoms. The summed E-state index contributed by atoms with van der Waals surface area (Å²) in [7, 11) is 0. The number of aromatic carboxylic acids is 1. The number of carbonyl (C=O) groups is 1. The molecule has 3 nitrogen and oxygen atoms in total. The maximum absolute atomic E-state index is 10.8. The Balaban J connectivity index is 2.59. The Hall–Kier alpha value is -1.22. The van der Waals surface area contributed by atoms with Gasteiger partial charge in [0.1, 0.15) is 5.75 Å². The highest BCUT2D eigenvalue weighted by molar-refractivity contribution is 6.32. The first-order valence-corrected chi connectivity index (χ1v) is 7.11. The van der Waals surface area contributed by atoms with Gasteiger partial charge in [0.05, 0.1) is 17.2 Å². The second-order valence-electron chi connectivity index (χ2n) is 4.68. The van der Waals surface area contributed by atoms with Gasteiger partial charge >= 0.3 is 5.97 Å². The molecule has 0 spiro atoms. The van der Waals surface area contributed by atoms with Gasteiger partial charge in [0.25, 0.3) is 0 Å². The SMILES string of the molecule is CCCCC(CC)COc1ccc(C(=O)O)cc1Cl. The molecule has 0 saturated carbocycles. The molecule has 19 heavy (non-hydrogen) atoms. The average molecular weight is 285 g/mol. The molecule has 0 aliphatic heterocycles. The molecule has 1 unspecified atom stereocenters. The van der Waals surface area contributed by atoms with Crippen LogP contribution in [-0.4, -0.2) is 17.7 Å². The predicted octanol–water partition coefficient (Wildman–Crippen LogP) is 4.63. The van der Waals surface area contributed by atoms with Crippen LogP contribution >= 0.6 is 11.6 Å². The van der Waals surface area contributed by atoms with Gasteiger partial charge in [0.15, 0.2) is 0 Å². The monoisotopic (exact) mass is 284 g/mol. The number of ether oxygens (including phenoxy) is 1. The van der Waals surface area contributed by atoms with Crippen molar-refractivity contribution in [2.24, 2.45) is 5.92 Å². The van der Waals surface area contributed by atoms with Crippen molar-refractivity contribution in [3.05, 3.63) is 28.8 Å². The van der Waals surface area contributed by atoms with Crippen LogP contribution in [0.4, 0.5) is 0 Å². The Morgan fingerprint density at radius 3 is 2.68 bits per heavy atom. The van der Waals surface area contributed by atoms with Gasteiger partial charge < -0.3 is 9.84 Å². The Morgan fingerprint density at radius 1 is 1.42 bits per heavy atom. The van der Waals surface area contributed by atoms with Crippen molar-refractivity contribution in [1.29, 1.82) is 0 Å². The molecule has 0 aromatic heterocycles. The van der Waals surface area contributed by atoms with Gasteiger partial charge in [-0.1, -0.05) is 44.7 Å². The second kappa shape index (κ2) is 8.05. The Labute approximate surface area is 119 Å². The lowest BCUT2D eigenvalue weighted by Gasteiger charge is -2.16. The van der Waals surface area contributed by atoms with E-state index in [4.69, 9.17) is 21.4 Å². The smallest absolute Gasteiger partial charge is 0.335 e. The van der Waals surface area contributed by atoms with E-state index in [0.29, 0.717) is 23.3 Å². The van der Waals surface area contributed by atoms with Gasteiger partial charge in [-0.3, -0.25) is 0 Å². The molecule has 106 valence electrons. The van der Waals surface area contributed by atoms with Gasteiger partial charge in [0, 0.05) is 0 Å². The van der Waals surface area contributed by atoms with E-state index >= 15 is 0 Å². The lowest BCUT2D eigenvalue weighted by Crippen LogP contribution is -2.11. The zero-order chi connectivity index (χ0) is 14.3. The number of carboxylic acids is 1. The first-order valence-electron chi connectivity index (χ1n) is 6.74. The van der Waals surface area contributed by atoms with E-state index in [1.165, 1.54) is 25.0 Å². The average Bonchev–Trinajstić information content (AvgIpc) is 2.40. The van der Waals surface area contributed by atoms with Crippen molar-refractivity contribution < 1.29 is 14.6 Å². The van der Waals surface area contributed by atoms with E-state index in [2.05, 4.69) is 13.8 Å². The molecule has 1 N–H and O–H groups in total. The third kappa shape index (κ3) is 5.11. The Kier molecular flexibility index (Phi) is 6.71. The van der Waals surface area contributed by atoms with Crippen LogP contribution in [0.5, 0.6) is 5.75 Å². The highest BCUT2D eigenvalue weighted by Crippen LogP contribution is 2.26. The van der Waals surface area contributed by atoms with Crippen LogP contribution in [-0.2, 0) is 0 Å². The minimum atomic E-state index is -0.983. The van der Waals surface area contributed by atoms with Gasteiger partial charge in [-0.2, -0.15) is 0 Å². The lowest BCUT2D eigenvalue weighted by molar-refractivity contribution is 0.0697. The second-order valence-corrected chi connectivity index (χ2v) is 5.09. The summed E-state index contributed by atoms with van der Waals surface area (Å²) in [6, 6.07) is 4.56. The summed E-state index contributed by atoms with van der Waals surface area (Å²) < 4.78 is 5.70. The molecule has 1 aromatic carbocycles. The number of rotatable bonds is 8. The summed E-state index contributed by atoms with van der Waals surface area (Å²) in [6.07, 6.45) is 4.61. The van der Waals surface area contributed by atoms with Gasteiger partial charge in [-0.05, 0) is 30.5 Å². The van der Waals surface area contributed by atoms with Crippen molar-refractivity contribution in [3.8, 4) is 5.75 Å². The molecule has 0 heterocycles. The minimum Gasteiger partial charge on any atom is -0.492 e. The Morgan fingerprint density at radius 2 is 2.16 bits per heavy atom. The first kappa shape index (κ1) is 15.8. The van der Waals surface area contributed by atoms with E-state index in [9.17, 15) is 4.79 Å². The largest absolute Gasteiger partial charge is 0.492 e. The van der Waals surface area contributed by atoms with Gasteiger partial charge in [-0.15, -0.1) is 0 Å². The fourth-order valence-electron chi connectivity index (χ4n) is 1.86.